The van der Waals surface area contributed by atoms with Crippen molar-refractivity contribution < 1.29 is 4.79 Å². The molecule has 1 N–H and O–H groups in total. The van der Waals surface area contributed by atoms with Crippen molar-refractivity contribution in [3.05, 3.63) is 21.3 Å². The summed E-state index contributed by atoms with van der Waals surface area (Å²) >= 11 is 7.38. The average Bonchev–Trinajstić information content (AvgIpc) is 2.62. The lowest BCUT2D eigenvalue weighted by molar-refractivity contribution is 0.0679. The van der Waals surface area contributed by atoms with Gasteiger partial charge in [0.05, 0.1) is 5.02 Å². The van der Waals surface area contributed by atoms with Crippen LogP contribution in [-0.2, 0) is 0 Å². The molecule has 1 aliphatic rings. The third-order valence-electron chi connectivity index (χ3n) is 2.66. The van der Waals surface area contributed by atoms with E-state index in [4.69, 9.17) is 11.6 Å². The highest BCUT2D eigenvalue weighted by Crippen LogP contribution is 2.24. The second-order valence-electron chi connectivity index (χ2n) is 4.28. The summed E-state index contributed by atoms with van der Waals surface area (Å²) in [4.78, 5) is 14.7. The first kappa shape index (κ1) is 14.8. The van der Waals surface area contributed by atoms with Gasteiger partial charge in [-0.3, -0.25) is 4.79 Å². The van der Waals surface area contributed by atoms with Crippen LogP contribution < -0.4 is 5.32 Å². The van der Waals surface area contributed by atoms with E-state index in [2.05, 4.69) is 19.2 Å². The zero-order valence-electron chi connectivity index (χ0n) is 9.77. The van der Waals surface area contributed by atoms with Crippen molar-refractivity contribution in [3.63, 3.8) is 0 Å². The molecular formula is C11H16Cl2N2OS. The number of halogens is 2. The molecule has 0 spiro atoms. The number of carbonyl (C=O) groups is 1. The van der Waals surface area contributed by atoms with Crippen LogP contribution in [-0.4, -0.2) is 36.0 Å². The van der Waals surface area contributed by atoms with E-state index in [-0.39, 0.29) is 18.3 Å². The van der Waals surface area contributed by atoms with Gasteiger partial charge in [0.25, 0.3) is 5.91 Å². The number of hydrogen-bond donors (Lipinski definition) is 1. The van der Waals surface area contributed by atoms with Crippen LogP contribution in [0.25, 0.3) is 0 Å². The zero-order chi connectivity index (χ0) is 11.7. The molecule has 0 aliphatic carbocycles. The Balaban J connectivity index is 0.00000144. The van der Waals surface area contributed by atoms with E-state index in [0.29, 0.717) is 22.0 Å². The number of amides is 1. The molecular weight excluding hydrogens is 279 g/mol. The number of thiophene rings is 1. The Kier molecular flexibility index (Phi) is 5.25. The van der Waals surface area contributed by atoms with E-state index < -0.39 is 0 Å². The van der Waals surface area contributed by atoms with Crippen molar-refractivity contribution in [2.24, 2.45) is 0 Å². The summed E-state index contributed by atoms with van der Waals surface area (Å²) in [6.45, 7) is 5.67. The van der Waals surface area contributed by atoms with Crippen LogP contribution in [0.3, 0.4) is 0 Å². The van der Waals surface area contributed by atoms with Gasteiger partial charge in [0.15, 0.2) is 0 Å². The first-order chi connectivity index (χ1) is 7.58. The molecule has 1 fully saturated rings. The van der Waals surface area contributed by atoms with E-state index in [1.165, 1.54) is 11.3 Å². The number of carbonyl (C=O) groups excluding carboxylic acids is 1. The summed E-state index contributed by atoms with van der Waals surface area (Å²) in [7, 11) is 0. The molecule has 1 saturated heterocycles. The van der Waals surface area contributed by atoms with Crippen molar-refractivity contribution >= 4 is 41.3 Å². The van der Waals surface area contributed by atoms with Gasteiger partial charge in [-0.2, -0.15) is 0 Å². The molecule has 17 heavy (non-hydrogen) atoms. The highest BCUT2D eigenvalue weighted by molar-refractivity contribution is 7.12. The van der Waals surface area contributed by atoms with Crippen LogP contribution in [0.5, 0.6) is 0 Å². The average molecular weight is 295 g/mol. The number of hydrogen-bond acceptors (Lipinski definition) is 3. The summed E-state index contributed by atoms with van der Waals surface area (Å²) in [5.41, 5.74) is 0. The molecule has 2 unspecified atom stereocenters. The quantitative estimate of drug-likeness (QED) is 0.864. The van der Waals surface area contributed by atoms with Crippen LogP contribution in [0.2, 0.25) is 5.02 Å². The molecule has 0 aromatic carbocycles. The fraction of sp³-hybridized carbons (Fsp3) is 0.545. The molecule has 2 heterocycles. The fourth-order valence-corrected chi connectivity index (χ4v) is 3.19. The summed E-state index contributed by atoms with van der Waals surface area (Å²) in [5.74, 6) is 0.0557. The zero-order valence-corrected chi connectivity index (χ0v) is 12.2. The molecule has 0 saturated carbocycles. The number of rotatable bonds is 1. The monoisotopic (exact) mass is 294 g/mol. The second kappa shape index (κ2) is 6.05. The predicted molar refractivity (Wildman–Crippen MR) is 74.5 cm³/mol. The number of piperazine rings is 1. The summed E-state index contributed by atoms with van der Waals surface area (Å²) in [5, 5.41) is 5.82. The van der Waals surface area contributed by atoms with Gasteiger partial charge in [0, 0.05) is 25.2 Å². The van der Waals surface area contributed by atoms with Gasteiger partial charge in [-0.25, -0.2) is 0 Å². The molecule has 0 bridgehead atoms. The third kappa shape index (κ3) is 3.35. The van der Waals surface area contributed by atoms with E-state index in [1.54, 1.807) is 6.07 Å². The maximum atomic E-state index is 12.2. The Morgan fingerprint density at radius 3 is 2.53 bits per heavy atom. The maximum Gasteiger partial charge on any atom is 0.265 e. The van der Waals surface area contributed by atoms with Gasteiger partial charge >= 0.3 is 0 Å². The van der Waals surface area contributed by atoms with Crippen LogP contribution in [0.15, 0.2) is 11.4 Å². The van der Waals surface area contributed by atoms with E-state index in [0.717, 1.165) is 13.1 Å². The van der Waals surface area contributed by atoms with Crippen molar-refractivity contribution in [1.82, 2.24) is 10.2 Å². The summed E-state index contributed by atoms with van der Waals surface area (Å²) in [6, 6.07) is 2.45. The molecule has 96 valence electrons. The van der Waals surface area contributed by atoms with Gasteiger partial charge in [0.2, 0.25) is 0 Å². The minimum Gasteiger partial charge on any atom is -0.335 e. The van der Waals surface area contributed by atoms with E-state index in [9.17, 15) is 4.79 Å². The van der Waals surface area contributed by atoms with E-state index >= 15 is 0 Å². The fourth-order valence-electron chi connectivity index (χ4n) is 2.08. The Morgan fingerprint density at radius 2 is 2.06 bits per heavy atom. The highest BCUT2D eigenvalue weighted by Gasteiger charge is 2.27. The molecule has 1 amide bonds. The topological polar surface area (TPSA) is 32.3 Å². The van der Waals surface area contributed by atoms with Crippen molar-refractivity contribution in [2.45, 2.75) is 25.9 Å². The van der Waals surface area contributed by atoms with Crippen molar-refractivity contribution in [3.8, 4) is 0 Å². The van der Waals surface area contributed by atoms with Gasteiger partial charge in [-0.05, 0) is 25.3 Å². The highest BCUT2D eigenvalue weighted by atomic mass is 35.5. The van der Waals surface area contributed by atoms with Crippen molar-refractivity contribution in [1.29, 1.82) is 0 Å². The normalized spacial score (nSPS) is 24.3. The van der Waals surface area contributed by atoms with Gasteiger partial charge in [-0.1, -0.05) is 11.6 Å². The Labute approximate surface area is 117 Å². The van der Waals surface area contributed by atoms with E-state index in [1.807, 2.05) is 10.3 Å². The Bertz CT molecular complexity index is 387. The van der Waals surface area contributed by atoms with Crippen LogP contribution in [0.4, 0.5) is 0 Å². The third-order valence-corrected chi connectivity index (χ3v) is 3.99. The Morgan fingerprint density at radius 1 is 1.47 bits per heavy atom. The molecule has 3 nitrogen and oxygen atoms in total. The first-order valence-corrected chi connectivity index (χ1v) is 6.62. The van der Waals surface area contributed by atoms with Crippen LogP contribution in [0.1, 0.15) is 23.5 Å². The maximum absolute atomic E-state index is 12.2. The molecule has 6 heteroatoms. The number of nitrogens with zero attached hydrogens (tertiary/aromatic N) is 1. The molecule has 1 aliphatic heterocycles. The molecule has 1 aromatic rings. The lowest BCUT2D eigenvalue weighted by atomic mass is 10.1. The molecule has 2 atom stereocenters. The first-order valence-electron chi connectivity index (χ1n) is 5.36. The van der Waals surface area contributed by atoms with Crippen molar-refractivity contribution in [2.75, 3.05) is 13.1 Å². The standard InChI is InChI=1S/C11H15ClN2OS.ClH/c1-7-5-14(6-8(2)13-7)11(15)10-9(12)3-4-16-10;/h3-4,7-8,13H,5-6H2,1-2H3;1H. The SMILES string of the molecule is CC1CN(C(=O)c2sccc2Cl)CC(C)N1.Cl. The minimum atomic E-state index is 0. The molecule has 1 aromatic heterocycles. The van der Waals surface area contributed by atoms with Gasteiger partial charge in [-0.15, -0.1) is 23.7 Å². The van der Waals surface area contributed by atoms with Crippen LogP contribution in [0, 0.1) is 0 Å². The largest absolute Gasteiger partial charge is 0.335 e. The summed E-state index contributed by atoms with van der Waals surface area (Å²) < 4.78 is 0. The second-order valence-corrected chi connectivity index (χ2v) is 5.60. The smallest absolute Gasteiger partial charge is 0.265 e. The lowest BCUT2D eigenvalue weighted by Crippen LogP contribution is -2.55. The lowest BCUT2D eigenvalue weighted by Gasteiger charge is -2.36. The number of nitrogens with one attached hydrogen (secondary N) is 1. The van der Waals surface area contributed by atoms with Gasteiger partial charge < -0.3 is 10.2 Å². The molecule has 2 rings (SSSR count). The summed E-state index contributed by atoms with van der Waals surface area (Å²) in [6.07, 6.45) is 0. The molecule has 0 radical (unpaired) electrons. The predicted octanol–water partition coefficient (Wildman–Crippen LogP) is 2.65. The van der Waals surface area contributed by atoms with Gasteiger partial charge in [0.1, 0.15) is 4.88 Å². The Hall–Kier alpha value is -0.290. The minimum absolute atomic E-state index is 0. The van der Waals surface area contributed by atoms with Crippen LogP contribution >= 0.6 is 35.3 Å².